The average molecular weight is 246 g/mol. The van der Waals surface area contributed by atoms with Gasteiger partial charge in [0.2, 0.25) is 0 Å². The van der Waals surface area contributed by atoms with E-state index >= 15 is 0 Å². The molecule has 1 N–H and O–H groups in total. The Morgan fingerprint density at radius 3 is 3.10 bits per heavy atom. The molecule has 1 aromatic rings. The number of halogens is 1. The van der Waals surface area contributed by atoms with Gasteiger partial charge in [-0.3, -0.25) is 5.10 Å². The van der Waals surface area contributed by atoms with Gasteiger partial charge in [0.25, 0.3) is 0 Å². The zero-order chi connectivity index (χ0) is 7.23. The number of nitrogens with one attached hydrogen (secondary N) is 1. The van der Waals surface area contributed by atoms with Gasteiger partial charge in [0.05, 0.1) is 0 Å². The molecule has 0 unspecified atom stereocenters. The Morgan fingerprint density at radius 2 is 2.20 bits per heavy atom. The van der Waals surface area contributed by atoms with Gasteiger partial charge in [0.1, 0.15) is 0 Å². The van der Waals surface area contributed by atoms with E-state index in [1.165, 1.54) is 0 Å². The number of hydrogen-bond acceptors (Lipinski definition) is 1. The zero-order valence-electron chi connectivity index (χ0n) is 5.29. The van der Waals surface area contributed by atoms with E-state index in [0.29, 0.717) is 0 Å². The number of nitrogens with zero attached hydrogens (tertiary/aromatic N) is 1. The number of rotatable bonds is 0. The van der Waals surface area contributed by atoms with E-state index in [4.69, 9.17) is 0 Å². The third-order valence-electron chi connectivity index (χ3n) is 0.920. The molecule has 1 heterocycles. The molecule has 0 amide bonds. The molecule has 1 rings (SSSR count). The lowest BCUT2D eigenvalue weighted by molar-refractivity contribution is 1.05. The predicted octanol–water partition coefficient (Wildman–Crippen LogP) is 2.14. The quantitative estimate of drug-likeness (QED) is 0.698. The number of aromatic amines is 1. The molecule has 52 valence electrons. The van der Waals surface area contributed by atoms with Crippen molar-refractivity contribution < 1.29 is 0 Å². The molecule has 0 bridgehead atoms. The fraction of sp³-hybridized carbons (Fsp3) is 0. The lowest BCUT2D eigenvalue weighted by Crippen LogP contribution is -1.65. The molecule has 0 atom stereocenters. The van der Waals surface area contributed by atoms with Crippen LogP contribution in [0.5, 0.6) is 0 Å². The van der Waals surface area contributed by atoms with Crippen LogP contribution in [0.4, 0.5) is 0 Å². The third kappa shape index (κ3) is 2.82. The summed E-state index contributed by atoms with van der Waals surface area (Å²) in [5, 5.41) is 6.60. The van der Waals surface area contributed by atoms with Crippen molar-refractivity contribution in [2.24, 2.45) is 0 Å². The van der Waals surface area contributed by atoms with Crippen LogP contribution in [0.25, 0.3) is 0 Å². The monoisotopic (exact) mass is 246 g/mol. The minimum atomic E-state index is 1.16. The van der Waals surface area contributed by atoms with Crippen molar-refractivity contribution in [3.05, 3.63) is 40.2 Å². The van der Waals surface area contributed by atoms with Crippen molar-refractivity contribution >= 4 is 22.6 Å². The minimum absolute atomic E-state index is 1.16. The first-order valence-corrected chi connectivity index (χ1v) is 3.95. The second-order valence-corrected chi connectivity index (χ2v) is 2.92. The van der Waals surface area contributed by atoms with Crippen LogP contribution in [-0.2, 0) is 0 Å². The van der Waals surface area contributed by atoms with E-state index in [9.17, 15) is 0 Å². The van der Waals surface area contributed by atoms with Crippen molar-refractivity contribution in [1.29, 1.82) is 0 Å². The van der Waals surface area contributed by atoms with Crippen LogP contribution in [0.1, 0.15) is 0 Å². The molecule has 10 heavy (non-hydrogen) atoms. The van der Waals surface area contributed by atoms with Crippen molar-refractivity contribution in [2.45, 2.75) is 0 Å². The Morgan fingerprint density at radius 1 is 1.30 bits per heavy atom. The molecule has 0 fully saturated rings. The summed E-state index contributed by atoms with van der Waals surface area (Å²) in [4.78, 5) is 0. The molecule has 2 nitrogen and oxygen atoms in total. The zero-order valence-corrected chi connectivity index (χ0v) is 7.45. The first-order valence-electron chi connectivity index (χ1n) is 2.87. The molecule has 3 heteroatoms. The van der Waals surface area contributed by atoms with Crippen molar-refractivity contribution in [2.75, 3.05) is 0 Å². The molecule has 0 aliphatic carbocycles. The number of hydrogen-bond donors (Lipinski definition) is 1. The van der Waals surface area contributed by atoms with E-state index in [1.807, 2.05) is 24.3 Å². The van der Waals surface area contributed by atoms with Gasteiger partial charge >= 0.3 is 0 Å². The van der Waals surface area contributed by atoms with Gasteiger partial charge in [0, 0.05) is 16.0 Å². The van der Waals surface area contributed by atoms with Gasteiger partial charge in [-0.05, 0) is 40.8 Å². The van der Waals surface area contributed by atoms with Crippen LogP contribution in [0.2, 0.25) is 0 Å². The number of aromatic nitrogens is 2. The fourth-order valence-corrected chi connectivity index (χ4v) is 0.865. The second kappa shape index (κ2) is 4.27. The lowest BCUT2D eigenvalue weighted by Gasteiger charge is -1.73. The van der Waals surface area contributed by atoms with Crippen LogP contribution in [0.15, 0.2) is 36.7 Å². The summed E-state index contributed by atoms with van der Waals surface area (Å²) in [6, 6.07) is 7.79. The molecular weight excluding hydrogens is 239 g/mol. The van der Waals surface area contributed by atoms with E-state index in [-0.39, 0.29) is 0 Å². The maximum atomic E-state index is 3.86. The van der Waals surface area contributed by atoms with E-state index in [2.05, 4.69) is 32.8 Å². The first kappa shape index (κ1) is 7.53. The van der Waals surface area contributed by atoms with Crippen LogP contribution < -0.4 is 0 Å². The molecule has 1 aromatic heterocycles. The fourth-order valence-electron chi connectivity index (χ4n) is 0.496. The summed E-state index contributed by atoms with van der Waals surface area (Å²) in [5.74, 6) is 0. The van der Waals surface area contributed by atoms with Gasteiger partial charge < -0.3 is 0 Å². The van der Waals surface area contributed by atoms with E-state index in [1.54, 1.807) is 12.4 Å². The Kier molecular flexibility index (Phi) is 3.21. The number of H-pyrrole nitrogens is 1. The normalized spacial score (nSPS) is 8.50. The lowest BCUT2D eigenvalue weighted by atomic mass is 10.5. The van der Waals surface area contributed by atoms with E-state index < -0.39 is 0 Å². The highest BCUT2D eigenvalue weighted by molar-refractivity contribution is 14.1. The Balaban J connectivity index is 3.13. The molecule has 0 saturated heterocycles. The third-order valence-corrected chi connectivity index (χ3v) is 1.64. The Bertz CT molecular complexity index is 219. The van der Waals surface area contributed by atoms with Crippen LogP contribution in [-0.4, -0.2) is 10.2 Å². The molecule has 0 aliphatic rings. The topological polar surface area (TPSA) is 28.7 Å². The van der Waals surface area contributed by atoms with Gasteiger partial charge in [-0.25, -0.2) is 0 Å². The maximum absolute atomic E-state index is 3.86. The van der Waals surface area contributed by atoms with Gasteiger partial charge in [-0.15, -0.1) is 0 Å². The molecule has 0 saturated carbocycles. The van der Waals surface area contributed by atoms with Crippen molar-refractivity contribution in [3.63, 3.8) is 0 Å². The average Bonchev–Trinajstić information content (AvgIpc) is 2.02. The molecule has 0 aromatic carbocycles. The SMILES string of the molecule is Ic1cccc[nH]ncc1. The minimum Gasteiger partial charge on any atom is -0.286 e. The highest BCUT2D eigenvalue weighted by Gasteiger charge is 1.72. The largest absolute Gasteiger partial charge is 0.286 e. The molecule has 0 aliphatic heterocycles. The van der Waals surface area contributed by atoms with Crippen molar-refractivity contribution in [1.82, 2.24) is 10.2 Å². The summed E-state index contributed by atoms with van der Waals surface area (Å²) >= 11 is 2.24. The van der Waals surface area contributed by atoms with Crippen LogP contribution in [0.3, 0.4) is 0 Å². The molecule has 0 radical (unpaired) electrons. The highest BCUT2D eigenvalue weighted by Crippen LogP contribution is 1.96. The second-order valence-electron chi connectivity index (χ2n) is 1.68. The van der Waals surface area contributed by atoms with Crippen LogP contribution in [0, 0.1) is 3.57 Å². The smallest absolute Gasteiger partial charge is 0.0482 e. The summed E-state index contributed by atoms with van der Waals surface area (Å²) in [6.07, 6.45) is 3.50. The van der Waals surface area contributed by atoms with Gasteiger partial charge in [-0.2, -0.15) is 5.10 Å². The molecule has 0 spiro atoms. The highest BCUT2D eigenvalue weighted by atomic mass is 127. The summed E-state index contributed by atoms with van der Waals surface area (Å²) < 4.78 is 1.16. The Labute approximate surface area is 73.1 Å². The van der Waals surface area contributed by atoms with Crippen LogP contribution >= 0.6 is 22.6 Å². The Hall–Kier alpha value is -0.580. The summed E-state index contributed by atoms with van der Waals surface area (Å²) in [6.45, 7) is 0. The predicted molar refractivity (Wildman–Crippen MR) is 48.9 cm³/mol. The van der Waals surface area contributed by atoms with Gasteiger partial charge in [0.15, 0.2) is 0 Å². The first-order chi connectivity index (χ1) is 4.89. The van der Waals surface area contributed by atoms with E-state index in [0.717, 1.165) is 3.57 Å². The molecular formula is C7H7IN2. The summed E-state index contributed by atoms with van der Waals surface area (Å²) in [5.41, 5.74) is 0. The standard InChI is InChI=1S/C7H7IN2/c8-7-3-1-2-5-9-10-6-4-7/h1-6,9H. The summed E-state index contributed by atoms with van der Waals surface area (Å²) in [7, 11) is 0. The van der Waals surface area contributed by atoms with Gasteiger partial charge in [-0.1, -0.05) is 6.07 Å². The van der Waals surface area contributed by atoms with Crippen molar-refractivity contribution in [3.8, 4) is 0 Å². The maximum Gasteiger partial charge on any atom is 0.0482 e.